The van der Waals surface area contributed by atoms with Crippen molar-refractivity contribution in [1.29, 1.82) is 0 Å². The summed E-state index contributed by atoms with van der Waals surface area (Å²) in [4.78, 5) is 38.2. The van der Waals surface area contributed by atoms with Crippen LogP contribution in [0.25, 0.3) is 0 Å². The molecule has 1 fully saturated rings. The summed E-state index contributed by atoms with van der Waals surface area (Å²) in [6.45, 7) is 5.21. The summed E-state index contributed by atoms with van der Waals surface area (Å²) in [5.41, 5.74) is -0.0459. The number of aliphatic hydroxyl groups excluding tert-OH is 1. The number of β-lactam (4-membered cyclic amide) rings is 1. The lowest BCUT2D eigenvalue weighted by Gasteiger charge is -2.49. The Morgan fingerprint density at radius 1 is 1.25 bits per heavy atom. The van der Waals surface area contributed by atoms with Crippen molar-refractivity contribution in [2.24, 2.45) is 0 Å². The number of carbonyl (C=O) groups is 3. The molecule has 2 aliphatic rings. The van der Waals surface area contributed by atoms with Crippen LogP contribution in [-0.4, -0.2) is 45.7 Å². The number of carbonyl (C=O) groups excluding carboxylic acids is 3. The Hall–Kier alpha value is -3.03. The van der Waals surface area contributed by atoms with Gasteiger partial charge in [-0.1, -0.05) is 30.3 Å². The van der Waals surface area contributed by atoms with E-state index in [2.05, 4.69) is 5.32 Å². The van der Waals surface area contributed by atoms with Crippen LogP contribution in [0.15, 0.2) is 41.8 Å². The van der Waals surface area contributed by atoms with E-state index in [-0.39, 0.29) is 24.5 Å². The molecule has 8 heteroatoms. The van der Waals surface area contributed by atoms with E-state index in [1.807, 2.05) is 18.2 Å². The van der Waals surface area contributed by atoms with E-state index in [0.717, 1.165) is 5.56 Å². The summed E-state index contributed by atoms with van der Waals surface area (Å²) >= 11 is 0. The zero-order chi connectivity index (χ0) is 20.5. The fourth-order valence-electron chi connectivity index (χ4n) is 3.26. The van der Waals surface area contributed by atoms with Crippen LogP contribution in [0, 0.1) is 0 Å². The SMILES string of the molecule is CC(C)(C)OC(=O)N[C@@H]1C(=O)N2C(C(=O)OCc3ccccc3)=C(O)CC[C@H]12. The minimum Gasteiger partial charge on any atom is -0.510 e. The third-order valence-electron chi connectivity index (χ3n) is 4.49. The van der Waals surface area contributed by atoms with Gasteiger partial charge >= 0.3 is 12.1 Å². The molecule has 150 valence electrons. The predicted molar refractivity (Wildman–Crippen MR) is 98.9 cm³/mol. The number of fused-ring (bicyclic) bond motifs is 1. The molecule has 2 amide bonds. The number of aliphatic hydroxyl groups is 1. The molecule has 0 radical (unpaired) electrons. The number of ether oxygens (including phenoxy) is 2. The maximum absolute atomic E-state index is 12.5. The van der Waals surface area contributed by atoms with Crippen molar-refractivity contribution < 1.29 is 29.0 Å². The Labute approximate surface area is 163 Å². The van der Waals surface area contributed by atoms with Crippen molar-refractivity contribution in [1.82, 2.24) is 10.2 Å². The molecule has 1 aromatic rings. The molecule has 0 unspecified atom stereocenters. The summed E-state index contributed by atoms with van der Waals surface area (Å²) in [5.74, 6) is -1.43. The number of rotatable bonds is 4. The van der Waals surface area contributed by atoms with Gasteiger partial charge < -0.3 is 19.9 Å². The van der Waals surface area contributed by atoms with Gasteiger partial charge in [-0.25, -0.2) is 9.59 Å². The molecule has 2 N–H and O–H groups in total. The Morgan fingerprint density at radius 2 is 1.93 bits per heavy atom. The van der Waals surface area contributed by atoms with E-state index in [9.17, 15) is 19.5 Å². The highest BCUT2D eigenvalue weighted by atomic mass is 16.6. The van der Waals surface area contributed by atoms with Crippen molar-refractivity contribution in [3.63, 3.8) is 0 Å². The highest BCUT2D eigenvalue weighted by molar-refractivity contribution is 6.01. The molecule has 8 nitrogen and oxygen atoms in total. The largest absolute Gasteiger partial charge is 0.510 e. The topological polar surface area (TPSA) is 105 Å². The number of hydrogen-bond acceptors (Lipinski definition) is 6. The predicted octanol–water partition coefficient (Wildman–Crippen LogP) is 2.40. The first-order valence-corrected chi connectivity index (χ1v) is 9.13. The Morgan fingerprint density at radius 3 is 2.57 bits per heavy atom. The first-order chi connectivity index (χ1) is 13.2. The van der Waals surface area contributed by atoms with Gasteiger partial charge in [0, 0.05) is 6.42 Å². The molecular weight excluding hydrogens is 364 g/mol. The van der Waals surface area contributed by atoms with Gasteiger partial charge in [0.05, 0.1) is 6.04 Å². The maximum atomic E-state index is 12.5. The molecule has 3 rings (SSSR count). The van der Waals surface area contributed by atoms with E-state index in [0.29, 0.717) is 6.42 Å². The number of nitrogens with zero attached hydrogens (tertiary/aromatic N) is 1. The standard InChI is InChI=1S/C20H24N2O6/c1-20(2,3)28-19(26)21-15-13-9-10-14(23)16(22(13)17(15)24)18(25)27-11-12-7-5-4-6-8-12/h4-8,13,15,23H,9-11H2,1-3H3,(H,21,26)/t13-,15+/m1/s1. The van der Waals surface area contributed by atoms with Gasteiger partial charge in [-0.2, -0.15) is 0 Å². The van der Waals surface area contributed by atoms with E-state index in [1.54, 1.807) is 32.9 Å². The zero-order valence-corrected chi connectivity index (χ0v) is 16.1. The molecule has 0 aliphatic carbocycles. The summed E-state index contributed by atoms with van der Waals surface area (Å²) in [6, 6.07) is 7.89. The van der Waals surface area contributed by atoms with Crippen LogP contribution in [0.1, 0.15) is 39.2 Å². The molecule has 0 aromatic heterocycles. The highest BCUT2D eigenvalue weighted by Crippen LogP contribution is 2.36. The minimum atomic E-state index is -0.792. The van der Waals surface area contributed by atoms with Gasteiger partial charge in [0.25, 0.3) is 5.91 Å². The number of esters is 1. The van der Waals surface area contributed by atoms with Crippen molar-refractivity contribution in [2.45, 2.75) is 57.9 Å². The Kier molecular flexibility index (Phi) is 5.31. The zero-order valence-electron chi connectivity index (χ0n) is 16.1. The third kappa shape index (κ3) is 4.11. The van der Waals surface area contributed by atoms with E-state index in [1.165, 1.54) is 4.90 Å². The van der Waals surface area contributed by atoms with Crippen LogP contribution in [-0.2, 0) is 25.7 Å². The third-order valence-corrected chi connectivity index (χ3v) is 4.49. The molecular formula is C20H24N2O6. The lowest BCUT2D eigenvalue weighted by Crippen LogP contribution is -2.71. The number of amides is 2. The van der Waals surface area contributed by atoms with Crippen molar-refractivity contribution in [3.05, 3.63) is 47.4 Å². The van der Waals surface area contributed by atoms with E-state index < -0.39 is 35.7 Å². The summed E-state index contributed by atoms with van der Waals surface area (Å²) < 4.78 is 10.4. The summed E-state index contributed by atoms with van der Waals surface area (Å²) in [6.07, 6.45) is -0.0537. The van der Waals surface area contributed by atoms with Gasteiger partial charge in [0.2, 0.25) is 0 Å². The van der Waals surface area contributed by atoms with Crippen molar-refractivity contribution in [2.75, 3.05) is 0 Å². The molecule has 0 spiro atoms. The fraction of sp³-hybridized carbons (Fsp3) is 0.450. The van der Waals surface area contributed by atoms with Crippen LogP contribution >= 0.6 is 0 Å². The molecule has 2 atom stereocenters. The van der Waals surface area contributed by atoms with Gasteiger partial charge in [0.15, 0.2) is 5.70 Å². The van der Waals surface area contributed by atoms with Gasteiger partial charge in [-0.05, 0) is 32.8 Å². The van der Waals surface area contributed by atoms with Crippen LogP contribution in [0.2, 0.25) is 0 Å². The maximum Gasteiger partial charge on any atom is 0.408 e. The number of hydrogen-bond donors (Lipinski definition) is 2. The second kappa shape index (κ2) is 7.53. The molecule has 2 heterocycles. The molecule has 1 aromatic carbocycles. The van der Waals surface area contributed by atoms with E-state index in [4.69, 9.17) is 9.47 Å². The van der Waals surface area contributed by atoms with Crippen LogP contribution in [0.5, 0.6) is 0 Å². The molecule has 28 heavy (non-hydrogen) atoms. The van der Waals surface area contributed by atoms with Crippen LogP contribution < -0.4 is 5.32 Å². The average Bonchev–Trinajstić information content (AvgIpc) is 2.63. The number of nitrogens with one attached hydrogen (secondary N) is 1. The first kappa shape index (κ1) is 19.7. The highest BCUT2D eigenvalue weighted by Gasteiger charge is 2.54. The first-order valence-electron chi connectivity index (χ1n) is 9.13. The number of benzene rings is 1. The second-order valence-electron chi connectivity index (χ2n) is 7.80. The number of alkyl carbamates (subject to hydrolysis) is 1. The van der Waals surface area contributed by atoms with Crippen LogP contribution in [0.3, 0.4) is 0 Å². The van der Waals surface area contributed by atoms with Gasteiger partial charge in [0.1, 0.15) is 24.0 Å². The lowest BCUT2D eigenvalue weighted by molar-refractivity contribution is -0.157. The molecule has 1 saturated heterocycles. The molecule has 2 aliphatic heterocycles. The van der Waals surface area contributed by atoms with Gasteiger partial charge in [-0.3, -0.25) is 9.69 Å². The van der Waals surface area contributed by atoms with E-state index >= 15 is 0 Å². The normalized spacial score (nSPS) is 21.5. The smallest absolute Gasteiger partial charge is 0.408 e. The van der Waals surface area contributed by atoms with Crippen molar-refractivity contribution >= 4 is 18.0 Å². The van der Waals surface area contributed by atoms with Crippen LogP contribution in [0.4, 0.5) is 4.79 Å². The average molecular weight is 388 g/mol. The minimum absolute atomic E-state index is 0.0305. The summed E-state index contributed by atoms with van der Waals surface area (Å²) in [7, 11) is 0. The molecule has 0 bridgehead atoms. The van der Waals surface area contributed by atoms with Gasteiger partial charge in [-0.15, -0.1) is 0 Å². The summed E-state index contributed by atoms with van der Waals surface area (Å²) in [5, 5.41) is 12.7. The quantitative estimate of drug-likeness (QED) is 0.606. The Balaban J connectivity index is 1.65. The Bertz CT molecular complexity index is 812. The second-order valence-corrected chi connectivity index (χ2v) is 7.80. The fourth-order valence-corrected chi connectivity index (χ4v) is 3.26. The molecule has 0 saturated carbocycles. The number of allylic oxidation sites excluding steroid dienone is 1. The monoisotopic (exact) mass is 388 g/mol. The lowest BCUT2D eigenvalue weighted by atomic mass is 9.86. The van der Waals surface area contributed by atoms with Crippen molar-refractivity contribution in [3.8, 4) is 0 Å².